The highest BCUT2D eigenvalue weighted by atomic mass is 32.2. The van der Waals surface area contributed by atoms with E-state index in [1.165, 1.54) is 37.9 Å². The van der Waals surface area contributed by atoms with Crippen LogP contribution in [0.5, 0.6) is 0 Å². The second-order valence-electron chi connectivity index (χ2n) is 5.23. The van der Waals surface area contributed by atoms with Gasteiger partial charge >= 0.3 is 6.01 Å². The lowest BCUT2D eigenvalue weighted by atomic mass is 10.2. The van der Waals surface area contributed by atoms with Gasteiger partial charge in [0.2, 0.25) is 0 Å². The molecule has 0 spiro atoms. The van der Waals surface area contributed by atoms with Crippen molar-refractivity contribution in [2.75, 3.05) is 23.7 Å². The fourth-order valence-corrected chi connectivity index (χ4v) is 3.60. The monoisotopic (exact) mass is 267 g/mol. The second kappa shape index (κ2) is 5.51. The third-order valence-electron chi connectivity index (χ3n) is 3.67. The lowest BCUT2D eigenvalue weighted by Gasteiger charge is -2.21. The number of aromatic nitrogens is 2. The van der Waals surface area contributed by atoms with Crippen molar-refractivity contribution in [3.05, 3.63) is 5.82 Å². The Balaban J connectivity index is 1.67. The summed E-state index contributed by atoms with van der Waals surface area (Å²) >= 11 is 2.06. The summed E-state index contributed by atoms with van der Waals surface area (Å²) in [5, 5.41) is 4.84. The molecule has 1 aromatic heterocycles. The van der Waals surface area contributed by atoms with Gasteiger partial charge in [-0.15, -0.1) is 0 Å². The fourth-order valence-electron chi connectivity index (χ4n) is 2.51. The van der Waals surface area contributed by atoms with Crippen LogP contribution < -0.4 is 4.90 Å². The Bertz CT molecular complexity index is 391. The van der Waals surface area contributed by atoms with E-state index in [2.05, 4.69) is 33.7 Å². The van der Waals surface area contributed by atoms with Crippen LogP contribution in [0.15, 0.2) is 4.52 Å². The highest BCUT2D eigenvalue weighted by molar-refractivity contribution is 7.99. The summed E-state index contributed by atoms with van der Waals surface area (Å²) in [4.78, 5) is 6.86. The highest BCUT2D eigenvalue weighted by Crippen LogP contribution is 2.39. The van der Waals surface area contributed by atoms with E-state index < -0.39 is 0 Å². The van der Waals surface area contributed by atoms with Gasteiger partial charge in [-0.2, -0.15) is 16.7 Å². The first-order chi connectivity index (χ1) is 8.86. The molecule has 3 rings (SSSR count). The minimum absolute atomic E-state index is 0.579. The van der Waals surface area contributed by atoms with E-state index in [0.29, 0.717) is 11.2 Å². The molecule has 1 saturated heterocycles. The number of hydrogen-bond acceptors (Lipinski definition) is 5. The van der Waals surface area contributed by atoms with Gasteiger partial charge in [-0.25, -0.2) is 0 Å². The van der Waals surface area contributed by atoms with Gasteiger partial charge in [-0.05, 0) is 31.4 Å². The summed E-state index contributed by atoms with van der Waals surface area (Å²) in [5.74, 6) is 2.69. The van der Waals surface area contributed by atoms with E-state index in [0.717, 1.165) is 24.9 Å². The Morgan fingerprint density at radius 3 is 3.00 bits per heavy atom. The van der Waals surface area contributed by atoms with Crippen molar-refractivity contribution < 1.29 is 4.52 Å². The number of anilines is 1. The van der Waals surface area contributed by atoms with Crippen LogP contribution in [0.25, 0.3) is 0 Å². The van der Waals surface area contributed by atoms with Gasteiger partial charge in [0.1, 0.15) is 0 Å². The maximum Gasteiger partial charge on any atom is 0.324 e. The van der Waals surface area contributed by atoms with Crippen LogP contribution in [0.3, 0.4) is 0 Å². The van der Waals surface area contributed by atoms with Crippen LogP contribution in [0.1, 0.15) is 50.8 Å². The number of hydrogen-bond donors (Lipinski definition) is 0. The van der Waals surface area contributed by atoms with Crippen LogP contribution in [0, 0.1) is 0 Å². The molecule has 1 aliphatic carbocycles. The maximum absolute atomic E-state index is 5.44. The molecule has 0 radical (unpaired) electrons. The first kappa shape index (κ1) is 12.3. The number of thioether (sulfide) groups is 1. The third kappa shape index (κ3) is 2.82. The molecular formula is C13H21N3OS. The van der Waals surface area contributed by atoms with Crippen LogP contribution in [0.4, 0.5) is 6.01 Å². The van der Waals surface area contributed by atoms with Crippen molar-refractivity contribution in [1.82, 2.24) is 10.1 Å². The van der Waals surface area contributed by atoms with Crippen LogP contribution >= 0.6 is 11.8 Å². The van der Waals surface area contributed by atoms with Crippen LogP contribution in [0.2, 0.25) is 0 Å². The van der Waals surface area contributed by atoms with Crippen molar-refractivity contribution >= 4 is 17.8 Å². The Morgan fingerprint density at radius 1 is 1.33 bits per heavy atom. The number of nitrogens with zero attached hydrogens (tertiary/aromatic N) is 3. The average molecular weight is 267 g/mol. The van der Waals surface area contributed by atoms with Crippen molar-refractivity contribution in [3.8, 4) is 0 Å². The van der Waals surface area contributed by atoms with Crippen molar-refractivity contribution in [2.45, 2.75) is 50.2 Å². The van der Waals surface area contributed by atoms with E-state index in [-0.39, 0.29) is 0 Å². The van der Waals surface area contributed by atoms with Gasteiger partial charge in [0.05, 0.1) is 0 Å². The molecule has 0 N–H and O–H groups in total. The normalized spacial score (nSPS) is 25.2. The molecule has 1 aromatic rings. The largest absolute Gasteiger partial charge is 0.324 e. The molecule has 100 valence electrons. The zero-order valence-corrected chi connectivity index (χ0v) is 11.8. The lowest BCUT2D eigenvalue weighted by molar-refractivity contribution is 0.407. The summed E-state index contributed by atoms with van der Waals surface area (Å²) in [6.07, 6.45) is 6.33. The highest BCUT2D eigenvalue weighted by Gasteiger charge is 2.30. The Labute approximate surface area is 113 Å². The van der Waals surface area contributed by atoms with E-state index in [1.54, 1.807) is 0 Å². The van der Waals surface area contributed by atoms with Gasteiger partial charge < -0.3 is 9.42 Å². The number of rotatable bonds is 4. The molecule has 1 atom stereocenters. The Kier molecular flexibility index (Phi) is 3.77. The minimum atomic E-state index is 0.579. The standard InChI is InChI=1S/C13H21N3OS/c1-2-18-11-5-3-4-8-16(9-11)13-14-12(15-17-13)10-6-7-10/h10-11H,2-9H2,1H3/t11-/m1/s1. The Hall–Kier alpha value is -0.710. The van der Waals surface area contributed by atoms with E-state index >= 15 is 0 Å². The van der Waals surface area contributed by atoms with Crippen molar-refractivity contribution in [3.63, 3.8) is 0 Å². The average Bonchev–Trinajstić information content (AvgIpc) is 3.15. The molecule has 0 unspecified atom stereocenters. The summed E-state index contributed by atoms with van der Waals surface area (Å²) in [5.41, 5.74) is 0. The van der Waals surface area contributed by atoms with Gasteiger partial charge in [0.25, 0.3) is 0 Å². The smallest absolute Gasteiger partial charge is 0.323 e. The third-order valence-corrected chi connectivity index (χ3v) is 4.86. The molecule has 18 heavy (non-hydrogen) atoms. The molecule has 0 amide bonds. The molecule has 2 fully saturated rings. The Morgan fingerprint density at radius 2 is 2.22 bits per heavy atom. The molecular weight excluding hydrogens is 246 g/mol. The first-order valence-electron chi connectivity index (χ1n) is 7.07. The SMILES string of the molecule is CCS[C@@H]1CCCCN(c2nc(C3CC3)no2)C1. The minimum Gasteiger partial charge on any atom is -0.323 e. The lowest BCUT2D eigenvalue weighted by Crippen LogP contribution is -2.29. The summed E-state index contributed by atoms with van der Waals surface area (Å²) in [6.45, 7) is 4.36. The second-order valence-corrected chi connectivity index (χ2v) is 6.81. The predicted octanol–water partition coefficient (Wildman–Crippen LogP) is 3.06. The molecule has 1 saturated carbocycles. The zero-order valence-electron chi connectivity index (χ0n) is 11.0. The molecule has 2 aliphatic rings. The summed E-state index contributed by atoms with van der Waals surface area (Å²) < 4.78 is 5.44. The summed E-state index contributed by atoms with van der Waals surface area (Å²) in [7, 11) is 0. The van der Waals surface area contributed by atoms with Gasteiger partial charge in [-0.1, -0.05) is 18.5 Å². The van der Waals surface area contributed by atoms with E-state index in [4.69, 9.17) is 4.52 Å². The maximum atomic E-state index is 5.44. The van der Waals surface area contributed by atoms with Crippen molar-refractivity contribution in [2.24, 2.45) is 0 Å². The fraction of sp³-hybridized carbons (Fsp3) is 0.846. The molecule has 0 bridgehead atoms. The summed E-state index contributed by atoms with van der Waals surface area (Å²) in [6, 6.07) is 0.750. The topological polar surface area (TPSA) is 42.2 Å². The molecule has 2 heterocycles. The van der Waals surface area contributed by atoms with Crippen LogP contribution in [-0.2, 0) is 0 Å². The van der Waals surface area contributed by atoms with Gasteiger partial charge in [-0.3, -0.25) is 0 Å². The zero-order chi connectivity index (χ0) is 12.4. The van der Waals surface area contributed by atoms with E-state index in [1.807, 2.05) is 0 Å². The van der Waals surface area contributed by atoms with Gasteiger partial charge in [0, 0.05) is 24.3 Å². The predicted molar refractivity (Wildman–Crippen MR) is 74.3 cm³/mol. The first-order valence-corrected chi connectivity index (χ1v) is 8.12. The van der Waals surface area contributed by atoms with E-state index in [9.17, 15) is 0 Å². The van der Waals surface area contributed by atoms with Crippen LogP contribution in [-0.4, -0.2) is 34.2 Å². The van der Waals surface area contributed by atoms with Gasteiger partial charge in [0.15, 0.2) is 5.82 Å². The molecule has 1 aliphatic heterocycles. The molecule has 5 heteroatoms. The quantitative estimate of drug-likeness (QED) is 0.838. The molecule has 4 nitrogen and oxygen atoms in total. The van der Waals surface area contributed by atoms with Crippen molar-refractivity contribution in [1.29, 1.82) is 0 Å². The molecule has 0 aromatic carbocycles.